The molecule has 158 valence electrons. The summed E-state index contributed by atoms with van der Waals surface area (Å²) in [5.41, 5.74) is 1.30. The van der Waals surface area contributed by atoms with Crippen LogP contribution in [-0.4, -0.2) is 26.5 Å². The molecule has 0 fully saturated rings. The number of aromatic carboxylic acids is 1. The number of carbonyl (C=O) groups excluding carboxylic acids is 1. The molecule has 3 rings (SSSR count). The van der Waals surface area contributed by atoms with E-state index in [4.69, 9.17) is 0 Å². The molecule has 0 spiro atoms. The van der Waals surface area contributed by atoms with Crippen molar-refractivity contribution in [3.05, 3.63) is 57.0 Å². The van der Waals surface area contributed by atoms with Crippen LogP contribution in [-0.2, 0) is 24.2 Å². The van der Waals surface area contributed by atoms with Crippen LogP contribution < -0.4 is 10.9 Å². The topological polar surface area (TPSA) is 101 Å². The summed E-state index contributed by atoms with van der Waals surface area (Å²) in [5, 5.41) is 13.6. The second-order valence-electron chi connectivity index (χ2n) is 7.15. The van der Waals surface area contributed by atoms with E-state index in [1.165, 1.54) is 15.5 Å². The number of nitrogens with zero attached hydrogens (tertiary/aromatic N) is 2. The van der Waals surface area contributed by atoms with Crippen LogP contribution in [0.4, 0.5) is 5.69 Å². The highest BCUT2D eigenvalue weighted by atomic mass is 32.1. The molecule has 8 heteroatoms. The lowest BCUT2D eigenvalue weighted by Gasteiger charge is -2.12. The minimum Gasteiger partial charge on any atom is -0.478 e. The van der Waals surface area contributed by atoms with Crippen molar-refractivity contribution in [3.8, 4) is 0 Å². The second-order valence-corrected chi connectivity index (χ2v) is 8.01. The van der Waals surface area contributed by atoms with Crippen molar-refractivity contribution >= 4 is 39.1 Å². The van der Waals surface area contributed by atoms with E-state index < -0.39 is 11.5 Å². The first-order valence-corrected chi connectivity index (χ1v) is 11.0. The van der Waals surface area contributed by atoms with E-state index in [9.17, 15) is 19.5 Å². The van der Waals surface area contributed by atoms with E-state index in [0.29, 0.717) is 22.8 Å². The van der Waals surface area contributed by atoms with E-state index in [1.807, 2.05) is 31.2 Å². The predicted octanol–water partition coefficient (Wildman–Crippen LogP) is 4.09. The number of carbonyl (C=O) groups is 2. The Morgan fingerprint density at radius 3 is 2.50 bits per heavy atom. The Hall–Kier alpha value is -3.00. The smallest absolute Gasteiger partial charge is 0.337 e. The molecule has 0 saturated heterocycles. The normalized spacial score (nSPS) is 11.0. The van der Waals surface area contributed by atoms with E-state index in [1.54, 1.807) is 0 Å². The number of hydrogen-bond donors (Lipinski definition) is 2. The van der Waals surface area contributed by atoms with Crippen molar-refractivity contribution in [1.82, 2.24) is 9.55 Å². The second kappa shape index (κ2) is 9.67. The molecule has 0 bridgehead atoms. The van der Waals surface area contributed by atoms with Gasteiger partial charge in [0, 0.05) is 17.5 Å². The summed E-state index contributed by atoms with van der Waals surface area (Å²) in [5.74, 6) is -1.05. The Bertz CT molecular complexity index is 1120. The van der Waals surface area contributed by atoms with Crippen molar-refractivity contribution in [2.24, 2.45) is 0 Å². The maximum absolute atomic E-state index is 13.0. The van der Waals surface area contributed by atoms with Crippen molar-refractivity contribution in [2.75, 3.05) is 5.32 Å². The van der Waals surface area contributed by atoms with Crippen LogP contribution in [0.2, 0.25) is 0 Å². The van der Waals surface area contributed by atoms with Gasteiger partial charge in [0.1, 0.15) is 17.2 Å². The third-order valence-corrected chi connectivity index (χ3v) is 5.71. The fraction of sp³-hybridized carbons (Fsp3) is 0.364. The summed E-state index contributed by atoms with van der Waals surface area (Å²) >= 11 is 1.13. The van der Waals surface area contributed by atoms with Gasteiger partial charge in [-0.1, -0.05) is 32.4 Å². The first-order chi connectivity index (χ1) is 14.4. The highest BCUT2D eigenvalue weighted by molar-refractivity contribution is 7.17. The third-order valence-electron chi connectivity index (χ3n) is 4.84. The van der Waals surface area contributed by atoms with E-state index in [2.05, 4.69) is 17.2 Å². The van der Waals surface area contributed by atoms with Gasteiger partial charge in [0.05, 0.1) is 10.9 Å². The zero-order valence-corrected chi connectivity index (χ0v) is 17.9. The van der Waals surface area contributed by atoms with Gasteiger partial charge in [0.25, 0.3) is 5.56 Å². The van der Waals surface area contributed by atoms with Crippen molar-refractivity contribution in [2.45, 2.75) is 52.5 Å². The molecule has 0 unspecified atom stereocenters. The maximum Gasteiger partial charge on any atom is 0.337 e. The summed E-state index contributed by atoms with van der Waals surface area (Å²) in [6, 6.07) is 7.67. The monoisotopic (exact) mass is 427 g/mol. The summed E-state index contributed by atoms with van der Waals surface area (Å²) in [6.07, 6.45) is 4.50. The number of aryl methyl sites for hydroxylation is 2. The van der Waals surface area contributed by atoms with Gasteiger partial charge in [-0.25, -0.2) is 9.78 Å². The minimum absolute atomic E-state index is 0.0560. The average Bonchev–Trinajstić information content (AvgIpc) is 3.15. The first kappa shape index (κ1) is 21.7. The lowest BCUT2D eigenvalue weighted by molar-refractivity contribution is -0.116. The number of aromatic nitrogens is 2. The molecule has 0 aliphatic rings. The number of unbranched alkanes of at least 4 members (excludes halogenated alkanes) is 1. The number of carboxylic acid groups (broad SMARTS) is 1. The average molecular weight is 428 g/mol. The SMILES string of the molecule is CCCCc1ccc(NC(=O)Cn2c(CCC)nc3scc(C(=O)O)c3c2=O)cc1. The van der Waals surface area contributed by atoms with Crippen LogP contribution in [0.3, 0.4) is 0 Å². The maximum atomic E-state index is 13.0. The molecule has 0 aliphatic carbocycles. The number of nitrogens with one attached hydrogen (secondary N) is 1. The molecule has 2 N–H and O–H groups in total. The predicted molar refractivity (Wildman–Crippen MR) is 119 cm³/mol. The third kappa shape index (κ3) is 4.76. The molecule has 0 saturated carbocycles. The fourth-order valence-corrected chi connectivity index (χ4v) is 4.20. The summed E-state index contributed by atoms with van der Waals surface area (Å²) in [4.78, 5) is 42.0. The molecule has 0 aliphatic heterocycles. The molecular weight excluding hydrogens is 402 g/mol. The van der Waals surface area contributed by atoms with Crippen LogP contribution >= 0.6 is 11.3 Å². The quantitative estimate of drug-likeness (QED) is 0.536. The van der Waals surface area contributed by atoms with Gasteiger partial charge in [0.2, 0.25) is 5.91 Å². The molecule has 1 amide bonds. The minimum atomic E-state index is -1.18. The number of benzene rings is 1. The Balaban J connectivity index is 1.86. The Kier molecular flexibility index (Phi) is 6.99. The van der Waals surface area contributed by atoms with Gasteiger partial charge in [-0.2, -0.15) is 0 Å². The van der Waals surface area contributed by atoms with Crippen molar-refractivity contribution in [3.63, 3.8) is 0 Å². The summed E-state index contributed by atoms with van der Waals surface area (Å²) < 4.78 is 1.29. The summed E-state index contributed by atoms with van der Waals surface area (Å²) in [6.45, 7) is 3.88. The van der Waals surface area contributed by atoms with Gasteiger partial charge in [0.15, 0.2) is 0 Å². The molecule has 2 aromatic heterocycles. The van der Waals surface area contributed by atoms with Crippen molar-refractivity contribution in [1.29, 1.82) is 0 Å². The van der Waals surface area contributed by atoms with E-state index in [0.717, 1.165) is 37.0 Å². The van der Waals surface area contributed by atoms with Crippen LogP contribution in [0.5, 0.6) is 0 Å². The van der Waals surface area contributed by atoms with Crippen LogP contribution in [0.1, 0.15) is 54.9 Å². The molecule has 2 heterocycles. The zero-order valence-electron chi connectivity index (χ0n) is 17.1. The van der Waals surface area contributed by atoms with Crippen LogP contribution in [0.15, 0.2) is 34.4 Å². The largest absolute Gasteiger partial charge is 0.478 e. The fourth-order valence-electron chi connectivity index (χ4n) is 3.28. The number of rotatable bonds is 9. The number of hydrogen-bond acceptors (Lipinski definition) is 5. The Labute approximate surface area is 178 Å². The van der Waals surface area contributed by atoms with Gasteiger partial charge in [-0.05, 0) is 37.0 Å². The zero-order chi connectivity index (χ0) is 21.7. The number of carboxylic acids is 1. The summed E-state index contributed by atoms with van der Waals surface area (Å²) in [7, 11) is 0. The number of fused-ring (bicyclic) bond motifs is 1. The molecule has 0 radical (unpaired) electrons. The van der Waals surface area contributed by atoms with Crippen molar-refractivity contribution < 1.29 is 14.7 Å². The highest BCUT2D eigenvalue weighted by Gasteiger charge is 2.20. The van der Waals surface area contributed by atoms with Gasteiger partial charge in [-0.3, -0.25) is 14.2 Å². The van der Waals surface area contributed by atoms with Gasteiger partial charge in [-0.15, -0.1) is 11.3 Å². The molecule has 1 aromatic carbocycles. The van der Waals surface area contributed by atoms with E-state index >= 15 is 0 Å². The van der Waals surface area contributed by atoms with E-state index in [-0.39, 0.29) is 23.4 Å². The lowest BCUT2D eigenvalue weighted by atomic mass is 10.1. The van der Waals surface area contributed by atoms with Crippen LogP contribution in [0.25, 0.3) is 10.2 Å². The number of anilines is 1. The molecule has 7 nitrogen and oxygen atoms in total. The number of thiophene rings is 1. The Morgan fingerprint density at radius 1 is 1.13 bits per heavy atom. The lowest BCUT2D eigenvalue weighted by Crippen LogP contribution is -2.31. The van der Waals surface area contributed by atoms with Gasteiger partial charge >= 0.3 is 5.97 Å². The van der Waals surface area contributed by atoms with Crippen LogP contribution in [0, 0.1) is 0 Å². The molecule has 3 aromatic rings. The first-order valence-electron chi connectivity index (χ1n) is 10.1. The highest BCUT2D eigenvalue weighted by Crippen LogP contribution is 2.22. The number of amides is 1. The molecule has 30 heavy (non-hydrogen) atoms. The molecular formula is C22H25N3O4S. The standard InChI is InChI=1S/C22H25N3O4S/c1-3-5-7-14-8-10-15(11-9-14)23-18(26)12-25-17(6-4-2)24-20-19(21(25)27)16(13-30-20)22(28)29/h8-11,13H,3-7,12H2,1-2H3,(H,23,26)(H,28,29). The van der Waals surface area contributed by atoms with Gasteiger partial charge < -0.3 is 10.4 Å². The molecule has 0 atom stereocenters. The Morgan fingerprint density at radius 2 is 1.87 bits per heavy atom.